The molecule has 1 rings (SSSR count). The molecule has 0 radical (unpaired) electrons. The summed E-state index contributed by atoms with van der Waals surface area (Å²) in [4.78, 5) is 26.3. The topological polar surface area (TPSA) is 91.3 Å². The van der Waals surface area contributed by atoms with Crippen molar-refractivity contribution in [2.24, 2.45) is 5.92 Å². The van der Waals surface area contributed by atoms with Gasteiger partial charge < -0.3 is 20.0 Å². The van der Waals surface area contributed by atoms with Gasteiger partial charge in [-0.15, -0.1) is 0 Å². The van der Waals surface area contributed by atoms with E-state index >= 15 is 0 Å². The average Bonchev–Trinajstić information content (AvgIpc) is 2.36. The second-order valence-electron chi connectivity index (χ2n) is 4.54. The Bertz CT molecular complexity index is 426. The summed E-state index contributed by atoms with van der Waals surface area (Å²) in [6.07, 6.45) is 1.08. The smallest absolute Gasteiger partial charge is 0.548 e. The fourth-order valence-electron chi connectivity index (χ4n) is 1.49. The van der Waals surface area contributed by atoms with Crippen LogP contribution < -0.4 is 29.3 Å². The van der Waals surface area contributed by atoms with E-state index in [1.807, 2.05) is 13.8 Å². The molecule has 20 heavy (non-hydrogen) atoms. The molecule has 7 heteroatoms. The Balaban J connectivity index is 0.00000361. The number of carboxylic acid groups (broad SMARTS) is 1. The van der Waals surface area contributed by atoms with E-state index in [9.17, 15) is 14.7 Å². The number of nitrogens with zero attached hydrogens (tertiary/aromatic N) is 1. The molecule has 1 aromatic heterocycles. The molecule has 0 bridgehead atoms. The first-order chi connectivity index (χ1) is 8.99. The molecule has 0 aliphatic rings. The number of nitrogens with one attached hydrogen (secondary N) is 1. The minimum absolute atomic E-state index is 0. The molecule has 1 atom stereocenters. The van der Waals surface area contributed by atoms with E-state index in [0.29, 0.717) is 12.1 Å². The molecule has 0 saturated carbocycles. The molecule has 0 aliphatic carbocycles. The van der Waals surface area contributed by atoms with E-state index in [2.05, 4.69) is 10.3 Å². The largest absolute Gasteiger partial charge is 1.00 e. The van der Waals surface area contributed by atoms with Crippen LogP contribution in [-0.2, 0) is 16.1 Å². The molecule has 1 N–H and O–H groups in total. The van der Waals surface area contributed by atoms with Crippen molar-refractivity contribution in [2.75, 3.05) is 0 Å². The molecule has 0 unspecified atom stereocenters. The standard InChI is InChI=1S/C13H18N2O4.Li/c1-9(2)7-11(12(16)17)15-13(18)19-8-10-5-3-4-6-14-10;/h3-6,9,11H,7-8H2,1-2H3,(H,15,18)(H,16,17);/q;+1/p-1/t11-;/m0./s1. The number of amides is 1. The van der Waals surface area contributed by atoms with Crippen LogP contribution in [0, 0.1) is 5.92 Å². The Hall–Kier alpha value is -1.51. The van der Waals surface area contributed by atoms with E-state index < -0.39 is 18.1 Å². The van der Waals surface area contributed by atoms with E-state index in [1.165, 1.54) is 0 Å². The van der Waals surface area contributed by atoms with Gasteiger partial charge in [-0.2, -0.15) is 0 Å². The number of hydrogen-bond acceptors (Lipinski definition) is 5. The number of alkyl carbamates (subject to hydrolysis) is 1. The number of aromatic nitrogens is 1. The number of carbonyl (C=O) groups excluding carboxylic acids is 2. The van der Waals surface area contributed by atoms with Crippen LogP contribution in [0.4, 0.5) is 4.79 Å². The Morgan fingerprint density at radius 3 is 2.60 bits per heavy atom. The summed E-state index contributed by atoms with van der Waals surface area (Å²) < 4.78 is 4.89. The van der Waals surface area contributed by atoms with Gasteiger partial charge in [0.2, 0.25) is 0 Å². The molecule has 1 aromatic rings. The van der Waals surface area contributed by atoms with Gasteiger partial charge in [-0.3, -0.25) is 4.98 Å². The van der Waals surface area contributed by atoms with Crippen molar-refractivity contribution in [1.82, 2.24) is 10.3 Å². The van der Waals surface area contributed by atoms with E-state index in [1.54, 1.807) is 24.4 Å². The van der Waals surface area contributed by atoms with Crippen molar-refractivity contribution in [2.45, 2.75) is 32.9 Å². The van der Waals surface area contributed by atoms with E-state index in [4.69, 9.17) is 4.74 Å². The summed E-state index contributed by atoms with van der Waals surface area (Å²) in [6.45, 7) is 3.71. The van der Waals surface area contributed by atoms with Crippen LogP contribution in [0.5, 0.6) is 0 Å². The Morgan fingerprint density at radius 1 is 1.40 bits per heavy atom. The van der Waals surface area contributed by atoms with Gasteiger partial charge in [0.15, 0.2) is 0 Å². The third-order valence-electron chi connectivity index (χ3n) is 2.36. The van der Waals surface area contributed by atoms with Crippen molar-refractivity contribution in [3.05, 3.63) is 30.1 Å². The number of carbonyl (C=O) groups is 2. The molecule has 1 amide bonds. The van der Waals surface area contributed by atoms with Gasteiger partial charge in [0.1, 0.15) is 6.61 Å². The maximum atomic E-state index is 11.5. The molecule has 1 heterocycles. The number of aliphatic carboxylic acids is 1. The molecular weight excluding hydrogens is 255 g/mol. The Kier molecular flexibility index (Phi) is 8.69. The normalized spacial score (nSPS) is 11.3. The van der Waals surface area contributed by atoms with E-state index in [0.717, 1.165) is 0 Å². The molecule has 0 aromatic carbocycles. The molecule has 0 spiro atoms. The minimum Gasteiger partial charge on any atom is -0.548 e. The predicted octanol–water partition coefficient (Wildman–Crippen LogP) is -2.52. The number of hydrogen-bond donors (Lipinski definition) is 1. The van der Waals surface area contributed by atoms with Crippen LogP contribution in [-0.4, -0.2) is 23.1 Å². The van der Waals surface area contributed by atoms with Crippen LogP contribution in [0.2, 0.25) is 0 Å². The zero-order valence-corrected chi connectivity index (χ0v) is 12.0. The van der Waals surface area contributed by atoms with Gasteiger partial charge in [-0.05, 0) is 24.5 Å². The maximum absolute atomic E-state index is 11.5. The molecule has 0 saturated heterocycles. The molecule has 104 valence electrons. The first-order valence-electron chi connectivity index (χ1n) is 6.03. The zero-order valence-electron chi connectivity index (χ0n) is 12.0. The summed E-state index contributed by atoms with van der Waals surface area (Å²) in [7, 11) is 0. The number of ether oxygens (including phenoxy) is 1. The SMILES string of the molecule is CC(C)C[C@H](NC(=O)OCc1ccccn1)C(=O)[O-].[Li+]. The van der Waals surface area contributed by atoms with Gasteiger partial charge >= 0.3 is 25.0 Å². The average molecular weight is 272 g/mol. The summed E-state index contributed by atoms with van der Waals surface area (Å²) in [5.74, 6) is -1.19. The van der Waals surface area contributed by atoms with Gasteiger partial charge in [0.25, 0.3) is 0 Å². The Morgan fingerprint density at radius 2 is 2.10 bits per heavy atom. The van der Waals surface area contributed by atoms with Crippen molar-refractivity contribution >= 4 is 12.1 Å². The van der Waals surface area contributed by atoms with Gasteiger partial charge in [-0.1, -0.05) is 19.9 Å². The zero-order chi connectivity index (χ0) is 14.3. The second kappa shape index (κ2) is 9.40. The summed E-state index contributed by atoms with van der Waals surface area (Å²) in [5.41, 5.74) is 0.589. The molecule has 0 aliphatic heterocycles. The fourth-order valence-corrected chi connectivity index (χ4v) is 1.49. The summed E-state index contributed by atoms with van der Waals surface area (Å²) in [6, 6.07) is 4.18. The van der Waals surface area contributed by atoms with Gasteiger partial charge in [0, 0.05) is 6.20 Å². The van der Waals surface area contributed by atoms with Crippen LogP contribution in [0.1, 0.15) is 26.0 Å². The van der Waals surface area contributed by atoms with Gasteiger partial charge in [-0.25, -0.2) is 4.79 Å². The fraction of sp³-hybridized carbons (Fsp3) is 0.462. The van der Waals surface area contributed by atoms with Crippen LogP contribution in [0.3, 0.4) is 0 Å². The quantitative estimate of drug-likeness (QED) is 0.577. The van der Waals surface area contributed by atoms with Crippen LogP contribution >= 0.6 is 0 Å². The van der Waals surface area contributed by atoms with Gasteiger partial charge in [0.05, 0.1) is 17.7 Å². The molecular formula is C13H17LiN2O4. The van der Waals surface area contributed by atoms with Crippen molar-refractivity contribution in [1.29, 1.82) is 0 Å². The van der Waals surface area contributed by atoms with Crippen LogP contribution in [0.15, 0.2) is 24.4 Å². The van der Waals surface area contributed by atoms with Crippen molar-refractivity contribution in [3.8, 4) is 0 Å². The second-order valence-corrected chi connectivity index (χ2v) is 4.54. The first kappa shape index (κ1) is 18.5. The van der Waals surface area contributed by atoms with Crippen LogP contribution in [0.25, 0.3) is 0 Å². The molecule has 0 fully saturated rings. The Labute approximate surface area is 130 Å². The monoisotopic (exact) mass is 272 g/mol. The summed E-state index contributed by atoms with van der Waals surface area (Å²) in [5, 5.41) is 13.1. The summed E-state index contributed by atoms with van der Waals surface area (Å²) >= 11 is 0. The maximum Gasteiger partial charge on any atom is 1.00 e. The first-order valence-corrected chi connectivity index (χ1v) is 6.03. The third-order valence-corrected chi connectivity index (χ3v) is 2.36. The van der Waals surface area contributed by atoms with Crippen molar-refractivity contribution in [3.63, 3.8) is 0 Å². The third kappa shape index (κ3) is 7.17. The predicted molar refractivity (Wildman–Crippen MR) is 65.8 cm³/mol. The minimum atomic E-state index is -1.32. The van der Waals surface area contributed by atoms with E-state index in [-0.39, 0.29) is 31.4 Å². The number of carboxylic acids is 1. The van der Waals surface area contributed by atoms with Crippen molar-refractivity contribution < 1.29 is 38.3 Å². The molecule has 6 nitrogen and oxygen atoms in total. The number of pyridine rings is 1. The number of rotatable bonds is 6.